The van der Waals surface area contributed by atoms with Gasteiger partial charge in [-0.25, -0.2) is 9.59 Å². The maximum absolute atomic E-state index is 13.0. The standard InChI is InChI=1S/C25H22N2O6S/c1-14-27(21(13-34-14)24(29)30)23(28)22-20(10-11-32-22)26-25(31)33-12-19-17-8-4-2-6-15(17)16-7-3-5-9-18(16)19/h2-11,14,19,21H,12-13H2,1H3,(H,26,31)(H,29,30). The monoisotopic (exact) mass is 478 g/mol. The molecule has 1 aliphatic carbocycles. The molecule has 2 unspecified atom stereocenters. The third-order valence-corrected chi connectivity index (χ3v) is 7.40. The number of carboxylic acids is 1. The summed E-state index contributed by atoms with van der Waals surface area (Å²) in [5.41, 5.74) is 4.57. The lowest BCUT2D eigenvalue weighted by Gasteiger charge is -2.24. The van der Waals surface area contributed by atoms with Gasteiger partial charge in [0.25, 0.3) is 5.91 Å². The molecular weight excluding hydrogens is 456 g/mol. The summed E-state index contributed by atoms with van der Waals surface area (Å²) in [6, 6.07) is 16.5. The zero-order chi connectivity index (χ0) is 23.8. The number of rotatable bonds is 5. The van der Waals surface area contributed by atoms with Gasteiger partial charge in [0.05, 0.1) is 17.3 Å². The first kappa shape index (κ1) is 22.1. The molecule has 2 atom stereocenters. The predicted molar refractivity (Wildman–Crippen MR) is 127 cm³/mol. The van der Waals surface area contributed by atoms with Gasteiger partial charge in [-0.1, -0.05) is 48.5 Å². The zero-order valence-electron chi connectivity index (χ0n) is 18.3. The smallest absolute Gasteiger partial charge is 0.411 e. The van der Waals surface area contributed by atoms with Crippen molar-refractivity contribution in [2.75, 3.05) is 17.7 Å². The third kappa shape index (κ3) is 3.81. The van der Waals surface area contributed by atoms with Crippen molar-refractivity contribution in [1.29, 1.82) is 0 Å². The number of ether oxygens (including phenoxy) is 1. The molecule has 2 aromatic carbocycles. The first-order valence-corrected chi connectivity index (χ1v) is 11.9. The van der Waals surface area contributed by atoms with E-state index in [1.807, 2.05) is 36.4 Å². The molecule has 0 bridgehead atoms. The maximum Gasteiger partial charge on any atom is 0.411 e. The first-order chi connectivity index (χ1) is 16.5. The first-order valence-electron chi connectivity index (χ1n) is 10.8. The molecular formula is C25H22N2O6S. The topological polar surface area (TPSA) is 109 Å². The molecule has 34 heavy (non-hydrogen) atoms. The molecule has 2 aliphatic rings. The Kier molecular flexibility index (Phi) is 5.79. The lowest BCUT2D eigenvalue weighted by atomic mass is 9.98. The Hall–Kier alpha value is -3.72. The van der Waals surface area contributed by atoms with Gasteiger partial charge in [0.1, 0.15) is 12.6 Å². The Morgan fingerprint density at radius 2 is 1.74 bits per heavy atom. The number of fused-ring (bicyclic) bond motifs is 3. The van der Waals surface area contributed by atoms with Crippen LogP contribution in [0.15, 0.2) is 65.3 Å². The molecule has 8 nitrogen and oxygen atoms in total. The molecule has 0 spiro atoms. The molecule has 9 heteroatoms. The van der Waals surface area contributed by atoms with Gasteiger partial charge in [0.15, 0.2) is 0 Å². The second-order valence-electron chi connectivity index (χ2n) is 8.11. The molecule has 1 fully saturated rings. The highest BCUT2D eigenvalue weighted by Crippen LogP contribution is 2.44. The number of amides is 2. The number of benzene rings is 2. The lowest BCUT2D eigenvalue weighted by molar-refractivity contribution is -0.141. The average Bonchev–Trinajstić information content (AvgIpc) is 3.53. The number of thioether (sulfide) groups is 1. The zero-order valence-corrected chi connectivity index (χ0v) is 19.1. The van der Waals surface area contributed by atoms with Crippen molar-refractivity contribution in [2.24, 2.45) is 0 Å². The molecule has 3 aromatic rings. The fourth-order valence-electron chi connectivity index (χ4n) is 4.58. The SMILES string of the molecule is CC1SCC(C(=O)O)N1C(=O)c1occc1NC(=O)OCC1c2ccccc2-c2ccccc21. The molecule has 2 N–H and O–H groups in total. The van der Waals surface area contributed by atoms with Gasteiger partial charge in [-0.2, -0.15) is 0 Å². The van der Waals surface area contributed by atoms with Gasteiger partial charge < -0.3 is 19.2 Å². The average molecular weight is 479 g/mol. The van der Waals surface area contributed by atoms with Crippen molar-refractivity contribution in [3.8, 4) is 11.1 Å². The van der Waals surface area contributed by atoms with Crippen LogP contribution in [-0.2, 0) is 9.53 Å². The second-order valence-corrected chi connectivity index (χ2v) is 9.46. The molecule has 0 radical (unpaired) electrons. The summed E-state index contributed by atoms with van der Waals surface area (Å²) in [6.07, 6.45) is 0.548. The predicted octanol–water partition coefficient (Wildman–Crippen LogP) is 4.63. The van der Waals surface area contributed by atoms with E-state index < -0.39 is 24.0 Å². The number of carboxylic acid groups (broad SMARTS) is 1. The summed E-state index contributed by atoms with van der Waals surface area (Å²) >= 11 is 1.37. The molecule has 1 aliphatic heterocycles. The second kappa shape index (κ2) is 8.90. The molecule has 5 rings (SSSR count). The lowest BCUT2D eigenvalue weighted by Crippen LogP contribution is -2.44. The summed E-state index contributed by atoms with van der Waals surface area (Å²) in [5.74, 6) is -1.61. The summed E-state index contributed by atoms with van der Waals surface area (Å²) in [4.78, 5) is 38.5. The molecule has 1 saturated heterocycles. The van der Waals surface area contributed by atoms with E-state index in [-0.39, 0.29) is 35.1 Å². The van der Waals surface area contributed by atoms with Crippen molar-refractivity contribution in [2.45, 2.75) is 24.3 Å². The molecule has 0 saturated carbocycles. The minimum absolute atomic E-state index is 0.0950. The maximum atomic E-state index is 13.0. The fourth-order valence-corrected chi connectivity index (χ4v) is 5.74. The number of carbonyl (C=O) groups is 3. The van der Waals surface area contributed by atoms with Crippen LogP contribution in [0.3, 0.4) is 0 Å². The van der Waals surface area contributed by atoms with E-state index in [9.17, 15) is 19.5 Å². The highest BCUT2D eigenvalue weighted by atomic mass is 32.2. The Bertz CT molecular complexity index is 1230. The summed E-state index contributed by atoms with van der Waals surface area (Å²) in [6.45, 7) is 1.88. The van der Waals surface area contributed by atoms with Crippen LogP contribution in [0.1, 0.15) is 34.5 Å². The minimum atomic E-state index is -1.08. The molecule has 2 heterocycles. The quantitative estimate of drug-likeness (QED) is 0.550. The Morgan fingerprint density at radius 3 is 2.38 bits per heavy atom. The van der Waals surface area contributed by atoms with E-state index in [1.165, 1.54) is 29.0 Å². The normalized spacial score (nSPS) is 18.9. The number of furan rings is 1. The van der Waals surface area contributed by atoms with Gasteiger partial charge in [0.2, 0.25) is 5.76 Å². The number of anilines is 1. The van der Waals surface area contributed by atoms with Crippen LogP contribution in [0.4, 0.5) is 10.5 Å². The highest BCUT2D eigenvalue weighted by molar-refractivity contribution is 8.00. The largest absolute Gasteiger partial charge is 0.480 e. The van der Waals surface area contributed by atoms with Crippen molar-refractivity contribution < 1.29 is 28.6 Å². The van der Waals surface area contributed by atoms with Crippen LogP contribution in [0.5, 0.6) is 0 Å². The van der Waals surface area contributed by atoms with E-state index in [2.05, 4.69) is 17.4 Å². The van der Waals surface area contributed by atoms with Crippen LogP contribution in [0.2, 0.25) is 0 Å². The molecule has 2 amide bonds. The summed E-state index contributed by atoms with van der Waals surface area (Å²) in [7, 11) is 0. The van der Waals surface area contributed by atoms with Gasteiger partial charge in [-0.15, -0.1) is 11.8 Å². The Labute approximate surface area is 199 Å². The van der Waals surface area contributed by atoms with Crippen LogP contribution < -0.4 is 5.32 Å². The number of aliphatic carboxylic acids is 1. The van der Waals surface area contributed by atoms with E-state index in [0.29, 0.717) is 0 Å². The third-order valence-electron chi connectivity index (χ3n) is 6.18. The van der Waals surface area contributed by atoms with E-state index in [1.54, 1.807) is 6.92 Å². The minimum Gasteiger partial charge on any atom is -0.480 e. The van der Waals surface area contributed by atoms with Crippen molar-refractivity contribution >= 4 is 35.4 Å². The molecule has 174 valence electrons. The van der Waals surface area contributed by atoms with Crippen LogP contribution in [0, 0.1) is 0 Å². The number of nitrogens with one attached hydrogen (secondary N) is 1. The van der Waals surface area contributed by atoms with Crippen LogP contribution in [0.25, 0.3) is 11.1 Å². The molecule has 1 aromatic heterocycles. The number of hydrogen-bond acceptors (Lipinski definition) is 6. The van der Waals surface area contributed by atoms with Crippen molar-refractivity contribution in [1.82, 2.24) is 4.90 Å². The van der Waals surface area contributed by atoms with Crippen LogP contribution >= 0.6 is 11.8 Å². The van der Waals surface area contributed by atoms with Crippen molar-refractivity contribution in [3.05, 3.63) is 77.7 Å². The van der Waals surface area contributed by atoms with E-state index >= 15 is 0 Å². The van der Waals surface area contributed by atoms with Gasteiger partial charge in [-0.3, -0.25) is 10.1 Å². The Morgan fingerprint density at radius 1 is 1.09 bits per heavy atom. The number of carbonyl (C=O) groups excluding carboxylic acids is 2. The Balaban J connectivity index is 1.29. The highest BCUT2D eigenvalue weighted by Gasteiger charge is 2.41. The summed E-state index contributed by atoms with van der Waals surface area (Å²) in [5, 5.41) is 11.7. The van der Waals surface area contributed by atoms with Gasteiger partial charge in [-0.05, 0) is 29.2 Å². The fraction of sp³-hybridized carbons (Fsp3) is 0.240. The number of nitrogens with zero attached hydrogens (tertiary/aromatic N) is 1. The van der Waals surface area contributed by atoms with Gasteiger partial charge >= 0.3 is 12.1 Å². The van der Waals surface area contributed by atoms with Gasteiger partial charge in [0, 0.05) is 17.7 Å². The van der Waals surface area contributed by atoms with Crippen LogP contribution in [-0.4, -0.2) is 51.8 Å². The van der Waals surface area contributed by atoms with E-state index in [4.69, 9.17) is 9.15 Å². The number of hydrogen-bond donors (Lipinski definition) is 2. The van der Waals surface area contributed by atoms with E-state index in [0.717, 1.165) is 22.3 Å². The summed E-state index contributed by atoms with van der Waals surface area (Å²) < 4.78 is 10.9. The van der Waals surface area contributed by atoms with Crippen molar-refractivity contribution in [3.63, 3.8) is 0 Å².